The zero-order chi connectivity index (χ0) is 18.3. The number of halogens is 8. The Bertz CT molecular complexity index is 792. The van der Waals surface area contributed by atoms with Crippen molar-refractivity contribution >= 4 is 0 Å². The summed E-state index contributed by atoms with van der Waals surface area (Å²) in [5.74, 6) is -5.78. The molecule has 2 rings (SSSR count). The molecule has 0 N–H and O–H groups in total. The third-order valence-corrected chi connectivity index (χ3v) is 2.81. The fraction of sp³-hybridized carbons (Fsp3) is 0.250. The molecular weight excluding hydrogens is 354 g/mol. The van der Waals surface area contributed by atoms with Crippen molar-refractivity contribution in [3.63, 3.8) is 0 Å². The van der Waals surface area contributed by atoms with Gasteiger partial charge in [0.2, 0.25) is 0 Å². The molecule has 2 aromatic heterocycles. The minimum atomic E-state index is -5.95. The van der Waals surface area contributed by atoms with Crippen molar-refractivity contribution < 1.29 is 35.1 Å². The van der Waals surface area contributed by atoms with E-state index in [0.717, 1.165) is 6.07 Å². The van der Waals surface area contributed by atoms with E-state index in [-0.39, 0.29) is 6.07 Å². The first-order valence-electron chi connectivity index (χ1n) is 5.91. The van der Waals surface area contributed by atoms with Gasteiger partial charge in [0.05, 0.1) is 5.56 Å². The fourth-order valence-electron chi connectivity index (χ4n) is 1.59. The molecule has 0 fully saturated rings. The molecule has 0 saturated carbocycles. The van der Waals surface area contributed by atoms with Crippen LogP contribution in [-0.2, 0) is 12.1 Å². The maximum absolute atomic E-state index is 13.1. The lowest BCUT2D eigenvalue weighted by Gasteiger charge is -2.18. The molecule has 12 heteroatoms. The Morgan fingerprint density at radius 3 is 1.96 bits per heavy atom. The summed E-state index contributed by atoms with van der Waals surface area (Å²) in [4.78, 5) is 17.8. The smallest absolute Gasteiger partial charge is 0.269 e. The summed E-state index contributed by atoms with van der Waals surface area (Å²) in [6.45, 7) is 0. The summed E-state index contributed by atoms with van der Waals surface area (Å²) < 4.78 is 100. The van der Waals surface area contributed by atoms with Gasteiger partial charge in [-0.2, -0.15) is 35.1 Å². The van der Waals surface area contributed by atoms with Gasteiger partial charge in [-0.1, -0.05) is 0 Å². The van der Waals surface area contributed by atoms with Gasteiger partial charge in [0.25, 0.3) is 5.56 Å². The van der Waals surface area contributed by atoms with E-state index in [0.29, 0.717) is 23.2 Å². The normalized spacial score (nSPS) is 13.2. The topological polar surface area (TPSA) is 47.8 Å². The molecule has 0 saturated heterocycles. The third kappa shape index (κ3) is 3.21. The summed E-state index contributed by atoms with van der Waals surface area (Å²) in [5, 5.41) is 0. The zero-order valence-corrected chi connectivity index (χ0v) is 11.2. The number of rotatable bonds is 2. The van der Waals surface area contributed by atoms with Crippen molar-refractivity contribution in [3.8, 4) is 5.82 Å². The Morgan fingerprint density at radius 1 is 0.917 bits per heavy atom. The Kier molecular flexibility index (Phi) is 4.10. The van der Waals surface area contributed by atoms with E-state index < -0.39 is 40.9 Å². The number of hydrogen-bond acceptors (Lipinski definition) is 3. The second-order valence-corrected chi connectivity index (χ2v) is 4.46. The molecule has 0 aliphatic carbocycles. The summed E-state index contributed by atoms with van der Waals surface area (Å²) in [6.07, 6.45) is -9.94. The van der Waals surface area contributed by atoms with Crippen LogP contribution >= 0.6 is 0 Å². The average Bonchev–Trinajstić information content (AvgIpc) is 2.45. The maximum Gasteiger partial charge on any atom is 0.459 e. The van der Waals surface area contributed by atoms with E-state index in [2.05, 4.69) is 9.97 Å². The van der Waals surface area contributed by atoms with Crippen molar-refractivity contribution in [2.45, 2.75) is 18.3 Å². The van der Waals surface area contributed by atoms with Gasteiger partial charge < -0.3 is 0 Å². The number of nitrogens with zero attached hydrogens (tertiary/aromatic N) is 3. The molecule has 0 aromatic carbocycles. The number of aromatic nitrogens is 3. The van der Waals surface area contributed by atoms with Crippen molar-refractivity contribution in [2.75, 3.05) is 0 Å². The number of alkyl halides is 8. The summed E-state index contributed by atoms with van der Waals surface area (Å²) in [5.41, 5.74) is -4.33. The third-order valence-electron chi connectivity index (χ3n) is 2.81. The van der Waals surface area contributed by atoms with E-state index in [1.165, 1.54) is 0 Å². The molecular formula is C12H5F8N3O. The van der Waals surface area contributed by atoms with E-state index >= 15 is 0 Å². The highest BCUT2D eigenvalue weighted by molar-refractivity contribution is 5.27. The van der Waals surface area contributed by atoms with Gasteiger partial charge in [0.15, 0.2) is 0 Å². The second kappa shape index (κ2) is 5.53. The van der Waals surface area contributed by atoms with Gasteiger partial charge in [0, 0.05) is 12.3 Å². The minimum Gasteiger partial charge on any atom is -0.269 e. The lowest BCUT2D eigenvalue weighted by molar-refractivity contribution is -0.291. The van der Waals surface area contributed by atoms with Crippen LogP contribution in [0, 0.1) is 0 Å². The van der Waals surface area contributed by atoms with Crippen molar-refractivity contribution in [3.05, 3.63) is 52.3 Å². The molecule has 24 heavy (non-hydrogen) atoms. The van der Waals surface area contributed by atoms with Crippen molar-refractivity contribution in [2.24, 2.45) is 0 Å². The van der Waals surface area contributed by atoms with Gasteiger partial charge in [-0.25, -0.2) is 9.97 Å². The van der Waals surface area contributed by atoms with Crippen LogP contribution in [0.5, 0.6) is 0 Å². The Labute approximate surface area is 127 Å². The van der Waals surface area contributed by atoms with Gasteiger partial charge in [-0.05, 0) is 12.1 Å². The molecule has 2 heterocycles. The molecule has 0 unspecified atom stereocenters. The highest BCUT2D eigenvalue weighted by atomic mass is 19.4. The molecule has 0 radical (unpaired) electrons. The van der Waals surface area contributed by atoms with E-state index in [4.69, 9.17) is 0 Å². The highest BCUT2D eigenvalue weighted by Crippen LogP contribution is 2.42. The van der Waals surface area contributed by atoms with Crippen molar-refractivity contribution in [1.29, 1.82) is 0 Å². The molecule has 0 spiro atoms. The first kappa shape index (κ1) is 17.8. The summed E-state index contributed by atoms with van der Waals surface area (Å²) >= 11 is 0. The van der Waals surface area contributed by atoms with Crippen LogP contribution in [0.3, 0.4) is 0 Å². The summed E-state index contributed by atoms with van der Waals surface area (Å²) in [7, 11) is 0. The Morgan fingerprint density at radius 2 is 1.54 bits per heavy atom. The van der Waals surface area contributed by atoms with Crippen LogP contribution in [0.2, 0.25) is 0 Å². The molecule has 4 nitrogen and oxygen atoms in total. The lowest BCUT2D eigenvalue weighted by atomic mass is 10.2. The van der Waals surface area contributed by atoms with Crippen LogP contribution in [0.4, 0.5) is 35.1 Å². The van der Waals surface area contributed by atoms with E-state index in [9.17, 15) is 39.9 Å². The minimum absolute atomic E-state index is 0.0627. The van der Waals surface area contributed by atoms with Crippen LogP contribution in [0.25, 0.3) is 5.82 Å². The van der Waals surface area contributed by atoms with E-state index in [1.54, 1.807) is 0 Å². The van der Waals surface area contributed by atoms with Crippen LogP contribution in [0.1, 0.15) is 11.3 Å². The Balaban J connectivity index is 2.43. The predicted octanol–water partition coefficient (Wildman–Crippen LogP) is 3.30. The number of pyridine rings is 1. The number of hydrogen-bond donors (Lipinski definition) is 0. The SMILES string of the molecule is O=c1cc(C(F)(F)C(F)(F)F)ncn1-c1ccc(C(F)(F)F)cn1. The second-order valence-electron chi connectivity index (χ2n) is 4.46. The first-order chi connectivity index (χ1) is 10.8. The highest BCUT2D eigenvalue weighted by Gasteiger charge is 2.60. The van der Waals surface area contributed by atoms with Crippen LogP contribution < -0.4 is 5.56 Å². The van der Waals surface area contributed by atoms with E-state index in [1.807, 2.05) is 0 Å². The molecule has 2 aromatic rings. The Hall–Kier alpha value is -2.53. The predicted molar refractivity (Wildman–Crippen MR) is 62.6 cm³/mol. The summed E-state index contributed by atoms with van der Waals surface area (Å²) in [6, 6.07) is 1.24. The molecule has 0 aliphatic rings. The first-order valence-corrected chi connectivity index (χ1v) is 5.91. The van der Waals surface area contributed by atoms with Gasteiger partial charge in [0.1, 0.15) is 17.8 Å². The lowest BCUT2D eigenvalue weighted by Crippen LogP contribution is -2.36. The molecule has 130 valence electrons. The monoisotopic (exact) mass is 359 g/mol. The van der Waals surface area contributed by atoms with Gasteiger partial charge in [-0.15, -0.1) is 0 Å². The molecule has 0 aliphatic heterocycles. The molecule has 0 amide bonds. The quantitative estimate of drug-likeness (QED) is 0.773. The van der Waals surface area contributed by atoms with Crippen molar-refractivity contribution in [1.82, 2.24) is 14.5 Å². The maximum atomic E-state index is 13.1. The van der Waals surface area contributed by atoms with Gasteiger partial charge in [-0.3, -0.25) is 9.36 Å². The standard InChI is InChI=1S/C12H5F8N3O/c13-10(14,12(18,19)20)7-3-9(24)23(5-22-7)8-2-1-6(4-21-8)11(15,16)17/h1-5H. The fourth-order valence-corrected chi connectivity index (χ4v) is 1.59. The zero-order valence-electron chi connectivity index (χ0n) is 11.2. The van der Waals surface area contributed by atoms with Crippen LogP contribution in [0.15, 0.2) is 35.5 Å². The van der Waals surface area contributed by atoms with Gasteiger partial charge >= 0.3 is 18.3 Å². The molecule has 0 atom stereocenters. The average molecular weight is 359 g/mol. The largest absolute Gasteiger partial charge is 0.459 e. The molecule has 0 bridgehead atoms. The van der Waals surface area contributed by atoms with Crippen LogP contribution in [-0.4, -0.2) is 20.7 Å².